The third kappa shape index (κ3) is 5.17. The zero-order valence-corrected chi connectivity index (χ0v) is 16.1. The normalized spacial score (nSPS) is 11.4. The first-order chi connectivity index (χ1) is 13.2. The van der Waals surface area contributed by atoms with Crippen LogP contribution in [0.2, 0.25) is 0 Å². The molecule has 0 radical (unpaired) electrons. The highest BCUT2D eigenvalue weighted by Gasteiger charge is 2.04. The van der Waals surface area contributed by atoms with Gasteiger partial charge in [0.1, 0.15) is 12.2 Å². The highest BCUT2D eigenvalue weighted by Crippen LogP contribution is 2.21. The summed E-state index contributed by atoms with van der Waals surface area (Å²) in [6.07, 6.45) is 1.55. The Morgan fingerprint density at radius 2 is 1.85 bits per heavy atom. The Kier molecular flexibility index (Phi) is 6.20. The van der Waals surface area contributed by atoms with Gasteiger partial charge in [-0.15, -0.1) is 0 Å². The van der Waals surface area contributed by atoms with Gasteiger partial charge in [0, 0.05) is 13.6 Å². The molecule has 3 aromatic rings. The predicted molar refractivity (Wildman–Crippen MR) is 109 cm³/mol. The van der Waals surface area contributed by atoms with Crippen LogP contribution in [0.1, 0.15) is 23.9 Å². The Morgan fingerprint density at radius 3 is 2.56 bits per heavy atom. The fraction of sp³-hybridized carbons (Fsp3) is 0.286. The van der Waals surface area contributed by atoms with Gasteiger partial charge in [-0.3, -0.25) is 4.68 Å². The topological polar surface area (TPSA) is 67.1 Å². The Labute approximate surface area is 160 Å². The Morgan fingerprint density at radius 1 is 1.07 bits per heavy atom. The number of hydrogen-bond donors (Lipinski definition) is 2. The summed E-state index contributed by atoms with van der Waals surface area (Å²) in [4.78, 5) is 8.93. The van der Waals surface area contributed by atoms with Crippen molar-refractivity contribution >= 4 is 5.96 Å². The van der Waals surface area contributed by atoms with Gasteiger partial charge in [0.25, 0.3) is 0 Å². The van der Waals surface area contributed by atoms with Crippen LogP contribution in [0.25, 0.3) is 11.1 Å². The van der Waals surface area contributed by atoms with Crippen molar-refractivity contribution in [3.63, 3.8) is 0 Å². The van der Waals surface area contributed by atoms with E-state index in [4.69, 9.17) is 4.99 Å². The van der Waals surface area contributed by atoms with Crippen LogP contribution in [0.3, 0.4) is 0 Å². The van der Waals surface area contributed by atoms with Crippen molar-refractivity contribution in [3.8, 4) is 11.1 Å². The maximum atomic E-state index is 4.70. The summed E-state index contributed by atoms with van der Waals surface area (Å²) in [5, 5.41) is 10.7. The van der Waals surface area contributed by atoms with Crippen molar-refractivity contribution < 1.29 is 0 Å². The Balaban J connectivity index is 1.70. The number of guanidine groups is 1. The smallest absolute Gasteiger partial charge is 0.191 e. The van der Waals surface area contributed by atoms with Crippen LogP contribution >= 0.6 is 0 Å². The summed E-state index contributed by atoms with van der Waals surface area (Å²) in [5.41, 5.74) is 4.87. The fourth-order valence-electron chi connectivity index (χ4n) is 2.83. The largest absolute Gasteiger partial charge is 0.357 e. The van der Waals surface area contributed by atoms with Crippen molar-refractivity contribution in [2.24, 2.45) is 12.0 Å². The van der Waals surface area contributed by atoms with Crippen molar-refractivity contribution in [2.45, 2.75) is 26.9 Å². The standard InChI is InChI=1S/C21H26N6/c1-4-22-21(24-14-20-25-15-26-27(20)3)23-13-17-8-6-10-19(12-17)18-9-5-7-16(2)11-18/h5-12,15H,4,13-14H2,1-3H3,(H2,22,23,24). The van der Waals surface area contributed by atoms with Gasteiger partial charge in [-0.05, 0) is 36.6 Å². The lowest BCUT2D eigenvalue weighted by Crippen LogP contribution is -2.37. The number of aromatic nitrogens is 3. The molecule has 3 rings (SSSR count). The van der Waals surface area contributed by atoms with Crippen LogP contribution in [0, 0.1) is 6.92 Å². The third-order valence-electron chi connectivity index (χ3n) is 4.26. The maximum Gasteiger partial charge on any atom is 0.191 e. The molecule has 0 spiro atoms. The average molecular weight is 362 g/mol. The molecule has 1 aromatic heterocycles. The van der Waals surface area contributed by atoms with Gasteiger partial charge >= 0.3 is 0 Å². The maximum absolute atomic E-state index is 4.70. The second-order valence-corrected chi connectivity index (χ2v) is 6.42. The van der Waals surface area contributed by atoms with Gasteiger partial charge in [0.15, 0.2) is 5.96 Å². The van der Waals surface area contributed by atoms with Gasteiger partial charge in [-0.2, -0.15) is 5.10 Å². The zero-order chi connectivity index (χ0) is 19.1. The minimum Gasteiger partial charge on any atom is -0.357 e. The highest BCUT2D eigenvalue weighted by molar-refractivity contribution is 5.79. The molecule has 0 amide bonds. The number of benzene rings is 2. The molecule has 0 aliphatic heterocycles. The third-order valence-corrected chi connectivity index (χ3v) is 4.26. The van der Waals surface area contributed by atoms with E-state index in [2.05, 4.69) is 83.1 Å². The molecule has 0 aliphatic rings. The molecule has 0 aliphatic carbocycles. The van der Waals surface area contributed by atoms with Crippen molar-refractivity contribution in [2.75, 3.05) is 6.54 Å². The molecule has 0 atom stereocenters. The monoisotopic (exact) mass is 362 g/mol. The van der Waals surface area contributed by atoms with Gasteiger partial charge < -0.3 is 10.6 Å². The van der Waals surface area contributed by atoms with E-state index < -0.39 is 0 Å². The van der Waals surface area contributed by atoms with E-state index in [1.165, 1.54) is 22.3 Å². The lowest BCUT2D eigenvalue weighted by atomic mass is 10.0. The van der Waals surface area contributed by atoms with E-state index in [0.717, 1.165) is 18.3 Å². The number of nitrogens with one attached hydrogen (secondary N) is 2. The van der Waals surface area contributed by atoms with Gasteiger partial charge in [0.05, 0.1) is 13.1 Å². The molecule has 1 heterocycles. The van der Waals surface area contributed by atoms with Crippen LogP contribution in [0.4, 0.5) is 0 Å². The lowest BCUT2D eigenvalue weighted by Gasteiger charge is -2.11. The number of aliphatic imine (C=N–C) groups is 1. The highest BCUT2D eigenvalue weighted by atomic mass is 15.3. The lowest BCUT2D eigenvalue weighted by molar-refractivity contribution is 0.673. The minimum atomic E-state index is 0.575. The molecule has 6 heteroatoms. The Bertz CT molecular complexity index is 912. The predicted octanol–water partition coefficient (Wildman–Crippen LogP) is 3.05. The number of rotatable bonds is 6. The molecule has 2 N–H and O–H groups in total. The molecule has 2 aromatic carbocycles. The second kappa shape index (κ2) is 8.98. The fourth-order valence-corrected chi connectivity index (χ4v) is 2.83. The molecule has 140 valence electrons. The van der Waals surface area contributed by atoms with Gasteiger partial charge in [-0.1, -0.05) is 48.0 Å². The number of nitrogens with zero attached hydrogens (tertiary/aromatic N) is 4. The van der Waals surface area contributed by atoms with E-state index >= 15 is 0 Å². The summed E-state index contributed by atoms with van der Waals surface area (Å²) in [5.74, 6) is 1.63. The van der Waals surface area contributed by atoms with Crippen LogP contribution in [-0.4, -0.2) is 27.3 Å². The molecule has 0 bridgehead atoms. The Hall–Kier alpha value is -3.15. The quantitative estimate of drug-likeness (QED) is 0.522. The second-order valence-electron chi connectivity index (χ2n) is 6.42. The molecule has 0 saturated carbocycles. The summed E-state index contributed by atoms with van der Waals surface area (Å²) in [6, 6.07) is 17.1. The van der Waals surface area contributed by atoms with Gasteiger partial charge in [0.2, 0.25) is 0 Å². The first-order valence-electron chi connectivity index (χ1n) is 9.16. The van der Waals surface area contributed by atoms with Crippen LogP contribution in [0.5, 0.6) is 0 Å². The first-order valence-corrected chi connectivity index (χ1v) is 9.16. The molecular formula is C21H26N6. The molecule has 27 heavy (non-hydrogen) atoms. The molecule has 0 saturated heterocycles. The molecular weight excluding hydrogens is 336 g/mol. The molecule has 0 unspecified atom stereocenters. The summed E-state index contributed by atoms with van der Waals surface area (Å²) in [6.45, 7) is 6.15. The zero-order valence-electron chi connectivity index (χ0n) is 16.1. The van der Waals surface area contributed by atoms with Crippen molar-refractivity contribution in [1.29, 1.82) is 0 Å². The SMILES string of the molecule is CCNC(=NCc1cccc(-c2cccc(C)c2)c1)NCc1ncnn1C. The number of aryl methyl sites for hydroxylation is 2. The van der Waals surface area contributed by atoms with Crippen LogP contribution in [0.15, 0.2) is 59.9 Å². The average Bonchev–Trinajstić information content (AvgIpc) is 3.09. The molecule has 6 nitrogen and oxygen atoms in total. The van der Waals surface area contributed by atoms with Crippen LogP contribution < -0.4 is 10.6 Å². The van der Waals surface area contributed by atoms with E-state index in [1.807, 2.05) is 7.05 Å². The summed E-state index contributed by atoms with van der Waals surface area (Å²) < 4.78 is 1.75. The molecule has 0 fully saturated rings. The van der Waals surface area contributed by atoms with E-state index in [9.17, 15) is 0 Å². The van der Waals surface area contributed by atoms with E-state index in [0.29, 0.717) is 13.1 Å². The van der Waals surface area contributed by atoms with E-state index in [1.54, 1.807) is 11.0 Å². The van der Waals surface area contributed by atoms with Gasteiger partial charge in [-0.25, -0.2) is 9.98 Å². The first kappa shape index (κ1) is 18.6. The van der Waals surface area contributed by atoms with Crippen molar-refractivity contribution in [1.82, 2.24) is 25.4 Å². The summed E-state index contributed by atoms with van der Waals surface area (Å²) in [7, 11) is 1.88. The number of hydrogen-bond acceptors (Lipinski definition) is 3. The van der Waals surface area contributed by atoms with E-state index in [-0.39, 0.29) is 0 Å². The summed E-state index contributed by atoms with van der Waals surface area (Å²) >= 11 is 0. The van der Waals surface area contributed by atoms with Crippen LogP contribution in [-0.2, 0) is 20.1 Å². The van der Waals surface area contributed by atoms with Crippen molar-refractivity contribution in [3.05, 3.63) is 71.8 Å². The minimum absolute atomic E-state index is 0.575.